The first-order valence-electron chi connectivity index (χ1n) is 10.1. The minimum atomic E-state index is -3.70. The standard InChI is InChI=1S/C20H27N3O5S/c1-13-7-14(2)10-22(9-13)29(26,27)16-5-6-18-17(8-16)23(20(25)12-28-18)11-19(24)21-15-3-4-15/h5-6,8,13-15H,3-4,7,9-12H2,1-2H3,(H,21,24)/t13-,14+. The highest BCUT2D eigenvalue weighted by atomic mass is 32.2. The predicted molar refractivity (Wildman–Crippen MR) is 107 cm³/mol. The average Bonchev–Trinajstić information content (AvgIpc) is 3.46. The zero-order chi connectivity index (χ0) is 20.8. The third-order valence-electron chi connectivity index (χ3n) is 5.59. The van der Waals surface area contributed by atoms with E-state index in [-0.39, 0.29) is 35.9 Å². The van der Waals surface area contributed by atoms with Crippen molar-refractivity contribution in [1.82, 2.24) is 9.62 Å². The van der Waals surface area contributed by atoms with E-state index in [1.807, 2.05) is 0 Å². The molecule has 4 rings (SSSR count). The summed E-state index contributed by atoms with van der Waals surface area (Å²) >= 11 is 0. The quantitative estimate of drug-likeness (QED) is 0.774. The van der Waals surface area contributed by atoms with Gasteiger partial charge in [-0.05, 0) is 49.3 Å². The fourth-order valence-electron chi connectivity index (χ4n) is 4.11. The highest BCUT2D eigenvalue weighted by Gasteiger charge is 2.34. The van der Waals surface area contributed by atoms with Gasteiger partial charge in [0.05, 0.1) is 10.6 Å². The lowest BCUT2D eigenvalue weighted by atomic mass is 9.94. The summed E-state index contributed by atoms with van der Waals surface area (Å²) in [5, 5.41) is 2.86. The van der Waals surface area contributed by atoms with Crippen LogP contribution in [0.1, 0.15) is 33.1 Å². The van der Waals surface area contributed by atoms with Crippen molar-refractivity contribution in [1.29, 1.82) is 0 Å². The van der Waals surface area contributed by atoms with E-state index in [1.165, 1.54) is 21.3 Å². The number of nitrogens with one attached hydrogen (secondary N) is 1. The van der Waals surface area contributed by atoms with E-state index < -0.39 is 10.0 Å². The number of amides is 2. The molecule has 8 nitrogen and oxygen atoms in total. The van der Waals surface area contributed by atoms with Crippen molar-refractivity contribution in [2.45, 2.75) is 44.0 Å². The van der Waals surface area contributed by atoms with E-state index in [9.17, 15) is 18.0 Å². The largest absolute Gasteiger partial charge is 0.482 e. The van der Waals surface area contributed by atoms with Gasteiger partial charge >= 0.3 is 0 Å². The van der Waals surface area contributed by atoms with E-state index in [1.54, 1.807) is 6.07 Å². The van der Waals surface area contributed by atoms with Crippen molar-refractivity contribution in [2.24, 2.45) is 11.8 Å². The van der Waals surface area contributed by atoms with E-state index in [4.69, 9.17) is 4.74 Å². The number of piperidine rings is 1. The summed E-state index contributed by atoms with van der Waals surface area (Å²) in [4.78, 5) is 26.1. The smallest absolute Gasteiger partial charge is 0.265 e. The Morgan fingerprint density at radius 3 is 2.55 bits per heavy atom. The molecule has 1 saturated heterocycles. The predicted octanol–water partition coefficient (Wildman–Crippen LogP) is 1.36. The molecule has 2 fully saturated rings. The summed E-state index contributed by atoms with van der Waals surface area (Å²) in [5.41, 5.74) is 0.325. The molecule has 1 aliphatic carbocycles. The fourth-order valence-corrected chi connectivity index (χ4v) is 5.81. The van der Waals surface area contributed by atoms with Gasteiger partial charge in [-0.15, -0.1) is 0 Å². The van der Waals surface area contributed by atoms with E-state index in [0.29, 0.717) is 36.4 Å². The summed E-state index contributed by atoms with van der Waals surface area (Å²) in [6.07, 6.45) is 2.91. The van der Waals surface area contributed by atoms with Crippen molar-refractivity contribution in [3.05, 3.63) is 18.2 Å². The number of carbonyl (C=O) groups excluding carboxylic acids is 2. The number of ether oxygens (including phenoxy) is 1. The highest BCUT2D eigenvalue weighted by Crippen LogP contribution is 2.36. The second kappa shape index (κ2) is 7.60. The zero-order valence-corrected chi connectivity index (χ0v) is 17.6. The molecule has 0 unspecified atom stereocenters. The van der Waals surface area contributed by atoms with Crippen LogP contribution in [0.5, 0.6) is 5.75 Å². The van der Waals surface area contributed by atoms with Crippen molar-refractivity contribution in [3.8, 4) is 5.75 Å². The topological polar surface area (TPSA) is 96.0 Å². The summed E-state index contributed by atoms with van der Waals surface area (Å²) in [7, 11) is -3.70. The number of nitrogens with zero attached hydrogens (tertiary/aromatic N) is 2. The third-order valence-corrected chi connectivity index (χ3v) is 7.42. The molecule has 1 aromatic rings. The average molecular weight is 422 g/mol. The minimum absolute atomic E-state index is 0.114. The summed E-state index contributed by atoms with van der Waals surface area (Å²) in [6, 6.07) is 4.72. The van der Waals surface area contributed by atoms with E-state index in [2.05, 4.69) is 19.2 Å². The molecule has 1 saturated carbocycles. The monoisotopic (exact) mass is 421 g/mol. The molecule has 2 heterocycles. The lowest BCUT2D eigenvalue weighted by molar-refractivity contribution is -0.125. The van der Waals surface area contributed by atoms with Crippen molar-refractivity contribution >= 4 is 27.5 Å². The molecule has 3 aliphatic rings. The van der Waals surface area contributed by atoms with Gasteiger partial charge in [0.15, 0.2) is 6.61 Å². The van der Waals surface area contributed by atoms with Gasteiger partial charge in [-0.2, -0.15) is 4.31 Å². The van der Waals surface area contributed by atoms with Crippen LogP contribution < -0.4 is 15.0 Å². The second-order valence-corrected chi connectivity index (χ2v) is 10.4. The highest BCUT2D eigenvalue weighted by molar-refractivity contribution is 7.89. The maximum atomic E-state index is 13.2. The molecule has 0 spiro atoms. The molecule has 1 aromatic carbocycles. The van der Waals surface area contributed by atoms with Crippen molar-refractivity contribution in [2.75, 3.05) is 31.1 Å². The second-order valence-electron chi connectivity index (χ2n) is 8.51. The first-order chi connectivity index (χ1) is 13.7. The Bertz CT molecular complexity index is 918. The van der Waals surface area contributed by atoms with Crippen LogP contribution in [0.15, 0.2) is 23.1 Å². The molecule has 29 heavy (non-hydrogen) atoms. The molecule has 2 atom stereocenters. The van der Waals surface area contributed by atoms with Crippen LogP contribution in [-0.2, 0) is 19.6 Å². The number of sulfonamides is 1. The molecule has 158 valence electrons. The SMILES string of the molecule is C[C@@H]1C[C@H](C)CN(S(=O)(=O)c2ccc3c(c2)N(CC(=O)NC2CC2)C(=O)CO3)C1. The van der Waals surface area contributed by atoms with E-state index in [0.717, 1.165) is 19.3 Å². The maximum Gasteiger partial charge on any atom is 0.265 e. The minimum Gasteiger partial charge on any atom is -0.482 e. The summed E-state index contributed by atoms with van der Waals surface area (Å²) < 4.78 is 33.4. The van der Waals surface area contributed by atoms with Crippen LogP contribution in [0.3, 0.4) is 0 Å². The van der Waals surface area contributed by atoms with Crippen LogP contribution in [-0.4, -0.2) is 56.8 Å². The fraction of sp³-hybridized carbons (Fsp3) is 0.600. The Morgan fingerprint density at radius 1 is 1.21 bits per heavy atom. The Hall–Kier alpha value is -2.13. The van der Waals surface area contributed by atoms with Gasteiger partial charge in [-0.25, -0.2) is 8.42 Å². The Balaban J connectivity index is 1.62. The number of rotatable bonds is 5. The molecule has 0 radical (unpaired) electrons. The number of hydrogen-bond donors (Lipinski definition) is 1. The summed E-state index contributed by atoms with van der Waals surface area (Å²) in [5.74, 6) is 0.374. The molecule has 2 aliphatic heterocycles. The Kier molecular flexibility index (Phi) is 5.29. The zero-order valence-electron chi connectivity index (χ0n) is 16.8. The number of anilines is 1. The lowest BCUT2D eigenvalue weighted by Crippen LogP contribution is -2.46. The van der Waals surface area contributed by atoms with Gasteiger partial charge in [0.2, 0.25) is 15.9 Å². The first-order valence-corrected chi connectivity index (χ1v) is 11.5. The van der Waals surface area contributed by atoms with Crippen LogP contribution in [0.2, 0.25) is 0 Å². The number of benzene rings is 1. The molecular weight excluding hydrogens is 394 g/mol. The third kappa shape index (κ3) is 4.25. The van der Waals surface area contributed by atoms with Gasteiger partial charge in [-0.3, -0.25) is 14.5 Å². The van der Waals surface area contributed by atoms with Gasteiger partial charge in [0.1, 0.15) is 12.3 Å². The number of fused-ring (bicyclic) bond motifs is 1. The van der Waals surface area contributed by atoms with Gasteiger partial charge in [-0.1, -0.05) is 13.8 Å². The Morgan fingerprint density at radius 2 is 1.90 bits per heavy atom. The molecule has 1 N–H and O–H groups in total. The van der Waals surface area contributed by atoms with Crippen LogP contribution in [0, 0.1) is 11.8 Å². The van der Waals surface area contributed by atoms with Crippen LogP contribution in [0.4, 0.5) is 5.69 Å². The normalized spacial score (nSPS) is 25.3. The number of carbonyl (C=O) groups is 2. The number of hydrogen-bond acceptors (Lipinski definition) is 5. The molecule has 0 bridgehead atoms. The van der Waals surface area contributed by atoms with Crippen LogP contribution in [0.25, 0.3) is 0 Å². The van der Waals surface area contributed by atoms with Crippen molar-refractivity contribution < 1.29 is 22.7 Å². The Labute approximate surface area is 171 Å². The van der Waals surface area contributed by atoms with Gasteiger partial charge in [0, 0.05) is 19.1 Å². The summed E-state index contributed by atoms with van der Waals surface area (Å²) in [6.45, 7) is 4.75. The molecule has 2 amide bonds. The van der Waals surface area contributed by atoms with Gasteiger partial charge < -0.3 is 10.1 Å². The molecule has 0 aromatic heterocycles. The molecule has 9 heteroatoms. The lowest BCUT2D eigenvalue weighted by Gasteiger charge is -2.34. The molecular formula is C20H27N3O5S. The maximum absolute atomic E-state index is 13.2. The van der Waals surface area contributed by atoms with Crippen LogP contribution >= 0.6 is 0 Å². The van der Waals surface area contributed by atoms with E-state index >= 15 is 0 Å². The van der Waals surface area contributed by atoms with Crippen molar-refractivity contribution in [3.63, 3.8) is 0 Å². The first kappa shape index (κ1) is 20.2. The van der Waals surface area contributed by atoms with Gasteiger partial charge in [0.25, 0.3) is 5.91 Å².